The second-order valence-electron chi connectivity index (χ2n) is 5.90. The second kappa shape index (κ2) is 6.95. The van der Waals surface area contributed by atoms with E-state index in [4.69, 9.17) is 11.0 Å². The zero-order chi connectivity index (χ0) is 17.9. The smallest absolute Gasteiger partial charge is 0.274 e. The average Bonchev–Trinajstić information content (AvgIpc) is 2.62. The van der Waals surface area contributed by atoms with Crippen molar-refractivity contribution < 1.29 is 4.79 Å². The summed E-state index contributed by atoms with van der Waals surface area (Å²) in [4.78, 5) is 20.9. The monoisotopic (exact) mass is 351 g/mol. The fourth-order valence-electron chi connectivity index (χ4n) is 2.62. The molecule has 0 saturated heterocycles. The van der Waals surface area contributed by atoms with Crippen LogP contribution in [0.1, 0.15) is 35.0 Å². The standard InChI is InChI=1S/C18H17N5OS/c1-18(7-8-25-17(20)23-18)13-3-2-4-14(9-13)22-16(24)15-6-5-12(10-19)11-21-15/h2-6,9,11H,7-8H2,1H3,(H2,20,23)(H,22,24)/t18-/m0/s1. The van der Waals surface area contributed by atoms with Crippen molar-refractivity contribution in [1.29, 1.82) is 5.26 Å². The molecule has 2 aromatic rings. The lowest BCUT2D eigenvalue weighted by molar-refractivity contribution is 0.102. The number of nitrogens with zero attached hydrogens (tertiary/aromatic N) is 3. The number of rotatable bonds is 3. The minimum Gasteiger partial charge on any atom is -0.379 e. The van der Waals surface area contributed by atoms with E-state index in [2.05, 4.69) is 15.3 Å². The van der Waals surface area contributed by atoms with E-state index in [1.165, 1.54) is 12.3 Å². The van der Waals surface area contributed by atoms with Gasteiger partial charge in [-0.05, 0) is 43.2 Å². The van der Waals surface area contributed by atoms with Crippen LogP contribution >= 0.6 is 11.8 Å². The van der Waals surface area contributed by atoms with Crippen LogP contribution in [-0.4, -0.2) is 21.8 Å². The number of aliphatic imine (C=N–C) groups is 1. The van der Waals surface area contributed by atoms with Crippen molar-refractivity contribution in [3.05, 3.63) is 59.4 Å². The molecular weight excluding hydrogens is 334 g/mol. The maximum atomic E-state index is 12.3. The number of thioether (sulfide) groups is 1. The molecule has 1 aliphatic rings. The molecule has 2 heterocycles. The van der Waals surface area contributed by atoms with Gasteiger partial charge in [0.25, 0.3) is 5.91 Å². The van der Waals surface area contributed by atoms with E-state index in [-0.39, 0.29) is 17.1 Å². The first-order valence-corrected chi connectivity index (χ1v) is 8.75. The number of carbonyl (C=O) groups is 1. The minimum absolute atomic E-state index is 0.256. The number of hydrogen-bond donors (Lipinski definition) is 2. The van der Waals surface area contributed by atoms with Gasteiger partial charge in [-0.25, -0.2) is 4.98 Å². The van der Waals surface area contributed by atoms with Gasteiger partial charge < -0.3 is 11.1 Å². The number of anilines is 1. The Bertz CT molecular complexity index is 872. The summed E-state index contributed by atoms with van der Waals surface area (Å²) in [6.45, 7) is 2.04. The third-order valence-electron chi connectivity index (χ3n) is 4.06. The third-order valence-corrected chi connectivity index (χ3v) is 4.86. The number of hydrogen-bond acceptors (Lipinski definition) is 6. The molecule has 1 amide bonds. The summed E-state index contributed by atoms with van der Waals surface area (Å²) in [6, 6.07) is 12.7. The first-order chi connectivity index (χ1) is 12.0. The number of benzene rings is 1. The second-order valence-corrected chi connectivity index (χ2v) is 7.02. The third kappa shape index (κ3) is 3.80. The SMILES string of the molecule is C[C@@]1(c2cccc(NC(=O)c3ccc(C#N)cn3)c2)CCSC(N)=N1. The normalized spacial score (nSPS) is 19.6. The van der Waals surface area contributed by atoms with Crippen molar-refractivity contribution in [2.75, 3.05) is 11.1 Å². The Balaban J connectivity index is 1.81. The summed E-state index contributed by atoms with van der Waals surface area (Å²) >= 11 is 1.56. The maximum absolute atomic E-state index is 12.3. The molecule has 0 saturated carbocycles. The van der Waals surface area contributed by atoms with Crippen LogP contribution in [0.3, 0.4) is 0 Å². The quantitative estimate of drug-likeness (QED) is 0.885. The van der Waals surface area contributed by atoms with Crippen LogP contribution in [0.5, 0.6) is 0 Å². The van der Waals surface area contributed by atoms with Gasteiger partial charge in [-0.15, -0.1) is 0 Å². The molecule has 3 rings (SSSR count). The summed E-state index contributed by atoms with van der Waals surface area (Å²) in [5.74, 6) is 0.589. The van der Waals surface area contributed by atoms with Crippen LogP contribution in [0.4, 0.5) is 5.69 Å². The van der Waals surface area contributed by atoms with Crippen LogP contribution in [0.15, 0.2) is 47.6 Å². The van der Waals surface area contributed by atoms with E-state index in [0.29, 0.717) is 16.4 Å². The molecule has 1 aromatic heterocycles. The van der Waals surface area contributed by atoms with E-state index in [9.17, 15) is 4.79 Å². The number of nitrogens with one attached hydrogen (secondary N) is 1. The molecule has 0 unspecified atom stereocenters. The summed E-state index contributed by atoms with van der Waals surface area (Å²) in [6.07, 6.45) is 2.26. The first-order valence-electron chi connectivity index (χ1n) is 7.76. The fraction of sp³-hybridized carbons (Fsp3) is 0.222. The van der Waals surface area contributed by atoms with E-state index in [1.807, 2.05) is 37.3 Å². The summed E-state index contributed by atoms with van der Waals surface area (Å²) < 4.78 is 0. The van der Waals surface area contributed by atoms with Crippen molar-refractivity contribution in [3.8, 4) is 6.07 Å². The van der Waals surface area contributed by atoms with Crippen molar-refractivity contribution in [2.45, 2.75) is 18.9 Å². The Morgan fingerprint density at radius 1 is 1.40 bits per heavy atom. The zero-order valence-electron chi connectivity index (χ0n) is 13.7. The number of amides is 1. The molecule has 7 heteroatoms. The molecule has 3 N–H and O–H groups in total. The van der Waals surface area contributed by atoms with Crippen molar-refractivity contribution in [3.63, 3.8) is 0 Å². The van der Waals surface area contributed by atoms with Gasteiger partial charge in [-0.1, -0.05) is 23.9 Å². The Labute approximate surface area is 150 Å². The van der Waals surface area contributed by atoms with Gasteiger partial charge in [-0.2, -0.15) is 5.26 Å². The highest BCUT2D eigenvalue weighted by molar-refractivity contribution is 8.13. The van der Waals surface area contributed by atoms with E-state index in [0.717, 1.165) is 17.7 Å². The van der Waals surface area contributed by atoms with Gasteiger partial charge >= 0.3 is 0 Å². The van der Waals surface area contributed by atoms with Gasteiger partial charge in [0.1, 0.15) is 11.8 Å². The Morgan fingerprint density at radius 3 is 2.92 bits per heavy atom. The van der Waals surface area contributed by atoms with E-state index >= 15 is 0 Å². The predicted molar refractivity (Wildman–Crippen MR) is 99.4 cm³/mol. The number of nitrogens with two attached hydrogens (primary N) is 1. The van der Waals surface area contributed by atoms with Gasteiger partial charge in [0, 0.05) is 17.6 Å². The highest BCUT2D eigenvalue weighted by Crippen LogP contribution is 2.35. The van der Waals surface area contributed by atoms with Crippen LogP contribution in [0.2, 0.25) is 0 Å². The van der Waals surface area contributed by atoms with Gasteiger partial charge in [0.15, 0.2) is 5.17 Å². The van der Waals surface area contributed by atoms with Gasteiger partial charge in [0.05, 0.1) is 11.1 Å². The topological polar surface area (TPSA) is 104 Å². The molecule has 1 atom stereocenters. The lowest BCUT2D eigenvalue weighted by atomic mass is 9.89. The highest BCUT2D eigenvalue weighted by atomic mass is 32.2. The lowest BCUT2D eigenvalue weighted by Gasteiger charge is -2.30. The summed E-state index contributed by atoms with van der Waals surface area (Å²) in [5.41, 5.74) is 7.83. The van der Waals surface area contributed by atoms with Gasteiger partial charge in [0.2, 0.25) is 0 Å². The number of pyridine rings is 1. The minimum atomic E-state index is -0.386. The molecule has 0 fully saturated rings. The molecular formula is C18H17N5OS. The number of nitriles is 1. The zero-order valence-corrected chi connectivity index (χ0v) is 14.5. The molecule has 126 valence electrons. The summed E-state index contributed by atoms with van der Waals surface area (Å²) in [5, 5.41) is 12.2. The van der Waals surface area contributed by atoms with E-state index in [1.54, 1.807) is 17.8 Å². The van der Waals surface area contributed by atoms with Crippen LogP contribution < -0.4 is 11.1 Å². The van der Waals surface area contributed by atoms with Crippen LogP contribution in [0.25, 0.3) is 0 Å². The average molecular weight is 351 g/mol. The molecule has 1 aromatic carbocycles. The van der Waals surface area contributed by atoms with E-state index < -0.39 is 0 Å². The predicted octanol–water partition coefficient (Wildman–Crippen LogP) is 2.87. The Kier molecular flexibility index (Phi) is 4.72. The molecule has 0 bridgehead atoms. The van der Waals surface area contributed by atoms with Crippen molar-refractivity contribution in [1.82, 2.24) is 4.98 Å². The Hall–Kier alpha value is -2.85. The maximum Gasteiger partial charge on any atom is 0.274 e. The highest BCUT2D eigenvalue weighted by Gasteiger charge is 2.29. The molecule has 25 heavy (non-hydrogen) atoms. The van der Waals surface area contributed by atoms with Crippen LogP contribution in [0, 0.1) is 11.3 Å². The molecule has 1 aliphatic heterocycles. The number of amidine groups is 1. The summed E-state index contributed by atoms with van der Waals surface area (Å²) in [7, 11) is 0. The molecule has 0 spiro atoms. The van der Waals surface area contributed by atoms with Crippen molar-refractivity contribution >= 4 is 28.5 Å². The van der Waals surface area contributed by atoms with Crippen LogP contribution in [-0.2, 0) is 5.54 Å². The van der Waals surface area contributed by atoms with Crippen molar-refractivity contribution in [2.24, 2.45) is 10.7 Å². The fourth-order valence-corrected chi connectivity index (χ4v) is 3.59. The first kappa shape index (κ1) is 17.0. The number of aromatic nitrogens is 1. The lowest BCUT2D eigenvalue weighted by Crippen LogP contribution is -2.28. The number of carbonyl (C=O) groups excluding carboxylic acids is 1. The van der Waals surface area contributed by atoms with Gasteiger partial charge in [-0.3, -0.25) is 9.79 Å². The molecule has 0 radical (unpaired) electrons. The molecule has 6 nitrogen and oxygen atoms in total. The largest absolute Gasteiger partial charge is 0.379 e. The Morgan fingerprint density at radius 2 is 2.24 bits per heavy atom. The molecule has 0 aliphatic carbocycles.